The number of carbonyl (C=O) groups is 1. The van der Waals surface area contributed by atoms with Crippen LogP contribution in [-0.2, 0) is 11.3 Å². The molecule has 1 amide bonds. The Balaban J connectivity index is 1.56. The predicted molar refractivity (Wildman–Crippen MR) is 90.3 cm³/mol. The minimum absolute atomic E-state index is 0.169. The van der Waals surface area contributed by atoms with E-state index in [-0.39, 0.29) is 12.6 Å². The Kier molecular flexibility index (Phi) is 5.63. The van der Waals surface area contributed by atoms with Gasteiger partial charge in [-0.3, -0.25) is 14.8 Å². The Morgan fingerprint density at radius 1 is 1.30 bits per heavy atom. The normalized spacial score (nSPS) is 15.1. The van der Waals surface area contributed by atoms with E-state index in [0.29, 0.717) is 25.9 Å². The first-order valence-electron chi connectivity index (χ1n) is 8.43. The second-order valence-corrected chi connectivity index (χ2v) is 6.20. The molecule has 2 heterocycles. The first-order valence-corrected chi connectivity index (χ1v) is 8.43. The summed E-state index contributed by atoms with van der Waals surface area (Å²) >= 11 is 0. The maximum Gasteiger partial charge on any atom is 0.410 e. The summed E-state index contributed by atoms with van der Waals surface area (Å²) in [6.45, 7) is 0.884. The quantitative estimate of drug-likeness (QED) is 0.583. The zero-order valence-electron chi connectivity index (χ0n) is 14.3. The fourth-order valence-corrected chi connectivity index (χ4v) is 3.00. The Morgan fingerprint density at radius 3 is 2.52 bits per heavy atom. The fraction of sp³-hybridized carbons (Fsp3) is 0.412. The molecule has 0 N–H and O–H groups in total. The van der Waals surface area contributed by atoms with Crippen molar-refractivity contribution in [1.29, 1.82) is 0 Å². The topological polar surface area (TPSA) is 90.5 Å². The van der Waals surface area contributed by atoms with Crippen molar-refractivity contribution >= 4 is 11.8 Å². The number of ether oxygens (including phenoxy) is 1. The van der Waals surface area contributed by atoms with Gasteiger partial charge >= 0.3 is 11.8 Å². The summed E-state index contributed by atoms with van der Waals surface area (Å²) in [5, 5.41) is 14.6. The smallest absolute Gasteiger partial charge is 0.410 e. The molecule has 0 bridgehead atoms. The van der Waals surface area contributed by atoms with Crippen LogP contribution in [0.25, 0.3) is 0 Å². The zero-order valence-corrected chi connectivity index (χ0v) is 14.3. The standard InChI is InChI=1S/C17H18F2N4O4/c18-16(19)15-14(23(25)26)10-22(20-15)13-6-8-21(9-7-13)17(24)27-11-12-4-2-1-3-5-12/h1-5,10,13,16H,6-9,11H2. The van der Waals surface area contributed by atoms with Crippen LogP contribution in [0, 0.1) is 10.1 Å². The number of rotatable bonds is 5. The lowest BCUT2D eigenvalue weighted by atomic mass is 10.1. The molecule has 0 radical (unpaired) electrons. The average molecular weight is 380 g/mol. The number of nitrogens with zero attached hydrogens (tertiary/aromatic N) is 4. The summed E-state index contributed by atoms with van der Waals surface area (Å²) in [6, 6.07) is 9.00. The van der Waals surface area contributed by atoms with E-state index in [9.17, 15) is 23.7 Å². The molecule has 3 rings (SSSR count). The highest BCUT2D eigenvalue weighted by Gasteiger charge is 2.31. The number of hydrogen-bond acceptors (Lipinski definition) is 5. The molecule has 0 spiro atoms. The Bertz CT molecular complexity index is 805. The van der Waals surface area contributed by atoms with Crippen molar-refractivity contribution in [3.63, 3.8) is 0 Å². The SMILES string of the molecule is O=C(OCc1ccccc1)N1CCC(n2cc([N+](=O)[O-])c(C(F)F)n2)CC1. The van der Waals surface area contributed by atoms with E-state index in [1.54, 1.807) is 0 Å². The van der Waals surface area contributed by atoms with Gasteiger partial charge in [0.1, 0.15) is 12.8 Å². The molecule has 2 aromatic rings. The van der Waals surface area contributed by atoms with Crippen LogP contribution in [0.1, 0.15) is 36.6 Å². The van der Waals surface area contributed by atoms with Gasteiger partial charge in [-0.25, -0.2) is 13.6 Å². The van der Waals surface area contributed by atoms with Gasteiger partial charge in [0, 0.05) is 13.1 Å². The van der Waals surface area contributed by atoms with Gasteiger partial charge in [-0.05, 0) is 18.4 Å². The molecule has 1 fully saturated rings. The summed E-state index contributed by atoms with van der Waals surface area (Å²) in [7, 11) is 0. The summed E-state index contributed by atoms with van der Waals surface area (Å²) in [5.41, 5.74) is -0.636. The van der Waals surface area contributed by atoms with E-state index in [2.05, 4.69) is 5.10 Å². The molecule has 27 heavy (non-hydrogen) atoms. The van der Waals surface area contributed by atoms with E-state index >= 15 is 0 Å². The van der Waals surface area contributed by atoms with Crippen molar-refractivity contribution in [3.8, 4) is 0 Å². The molecule has 1 saturated heterocycles. The predicted octanol–water partition coefficient (Wildman–Crippen LogP) is 3.70. The molecular weight excluding hydrogens is 362 g/mol. The summed E-state index contributed by atoms with van der Waals surface area (Å²) in [5.74, 6) is 0. The van der Waals surface area contributed by atoms with Crippen molar-refractivity contribution in [2.45, 2.75) is 31.9 Å². The van der Waals surface area contributed by atoms with Crippen molar-refractivity contribution in [2.24, 2.45) is 0 Å². The van der Waals surface area contributed by atoms with E-state index in [1.807, 2.05) is 30.3 Å². The van der Waals surface area contributed by atoms with Gasteiger partial charge in [-0.15, -0.1) is 0 Å². The molecule has 1 aliphatic heterocycles. The highest BCUT2D eigenvalue weighted by molar-refractivity contribution is 5.67. The number of alkyl halides is 2. The van der Waals surface area contributed by atoms with Crippen molar-refractivity contribution < 1.29 is 23.2 Å². The van der Waals surface area contributed by atoms with Crippen LogP contribution in [0.15, 0.2) is 36.5 Å². The summed E-state index contributed by atoms with van der Waals surface area (Å²) in [4.78, 5) is 23.7. The molecule has 8 nitrogen and oxygen atoms in total. The molecule has 1 aromatic heterocycles. The van der Waals surface area contributed by atoms with Gasteiger partial charge in [0.2, 0.25) is 5.69 Å². The molecule has 0 atom stereocenters. The number of carbonyl (C=O) groups excluding carboxylic acids is 1. The number of nitro groups is 1. The zero-order chi connectivity index (χ0) is 19.4. The molecular formula is C17H18F2N4O4. The fourth-order valence-electron chi connectivity index (χ4n) is 3.00. The minimum Gasteiger partial charge on any atom is -0.445 e. The molecule has 0 unspecified atom stereocenters. The van der Waals surface area contributed by atoms with Gasteiger partial charge in [0.25, 0.3) is 6.43 Å². The highest BCUT2D eigenvalue weighted by Crippen LogP contribution is 2.31. The second-order valence-electron chi connectivity index (χ2n) is 6.20. The number of piperidine rings is 1. The summed E-state index contributed by atoms with van der Waals surface area (Å²) < 4.78 is 32.3. The van der Waals surface area contributed by atoms with Crippen LogP contribution in [0.3, 0.4) is 0 Å². The minimum atomic E-state index is -3.01. The lowest BCUT2D eigenvalue weighted by Crippen LogP contribution is -2.39. The molecule has 0 saturated carbocycles. The molecule has 0 aliphatic carbocycles. The second kappa shape index (κ2) is 8.11. The Hall–Kier alpha value is -3.04. The Morgan fingerprint density at radius 2 is 1.96 bits per heavy atom. The van der Waals surface area contributed by atoms with E-state index in [1.165, 1.54) is 9.58 Å². The van der Waals surface area contributed by atoms with E-state index < -0.39 is 28.8 Å². The number of benzene rings is 1. The van der Waals surface area contributed by atoms with Crippen LogP contribution in [0.2, 0.25) is 0 Å². The first-order chi connectivity index (χ1) is 13.0. The van der Waals surface area contributed by atoms with E-state index in [0.717, 1.165) is 11.8 Å². The molecule has 144 valence electrons. The average Bonchev–Trinajstić information content (AvgIpc) is 3.13. The third-order valence-electron chi connectivity index (χ3n) is 4.45. The van der Waals surface area contributed by atoms with Crippen LogP contribution in [0.5, 0.6) is 0 Å². The van der Waals surface area contributed by atoms with Crippen LogP contribution >= 0.6 is 0 Å². The lowest BCUT2D eigenvalue weighted by molar-refractivity contribution is -0.386. The van der Waals surface area contributed by atoms with Crippen LogP contribution < -0.4 is 0 Å². The monoisotopic (exact) mass is 380 g/mol. The maximum atomic E-state index is 12.9. The third-order valence-corrected chi connectivity index (χ3v) is 4.45. The van der Waals surface area contributed by atoms with E-state index in [4.69, 9.17) is 4.74 Å². The number of aromatic nitrogens is 2. The number of amides is 1. The van der Waals surface area contributed by atoms with Crippen molar-refractivity contribution in [1.82, 2.24) is 14.7 Å². The first kappa shape index (κ1) is 18.7. The van der Waals surface area contributed by atoms with Gasteiger partial charge in [-0.1, -0.05) is 30.3 Å². The number of hydrogen-bond donors (Lipinski definition) is 0. The van der Waals surface area contributed by atoms with Gasteiger partial charge in [0.15, 0.2) is 0 Å². The Labute approximate surface area is 153 Å². The lowest BCUT2D eigenvalue weighted by Gasteiger charge is -2.31. The number of likely N-dealkylation sites (tertiary alicyclic amines) is 1. The maximum absolute atomic E-state index is 12.9. The van der Waals surface area contributed by atoms with Gasteiger partial charge < -0.3 is 9.64 Å². The number of halogens is 2. The van der Waals surface area contributed by atoms with Gasteiger partial charge in [0.05, 0.1) is 11.0 Å². The molecule has 1 aromatic carbocycles. The van der Waals surface area contributed by atoms with Crippen LogP contribution in [-0.4, -0.2) is 38.8 Å². The molecule has 10 heteroatoms. The molecule has 1 aliphatic rings. The van der Waals surface area contributed by atoms with Crippen LogP contribution in [0.4, 0.5) is 19.3 Å². The van der Waals surface area contributed by atoms with Crippen molar-refractivity contribution in [2.75, 3.05) is 13.1 Å². The van der Waals surface area contributed by atoms with Crippen molar-refractivity contribution in [3.05, 3.63) is 57.9 Å². The highest BCUT2D eigenvalue weighted by atomic mass is 19.3. The third kappa shape index (κ3) is 4.39. The van der Waals surface area contributed by atoms with Gasteiger partial charge in [-0.2, -0.15) is 5.10 Å². The largest absolute Gasteiger partial charge is 0.445 e. The summed E-state index contributed by atoms with van der Waals surface area (Å²) in [6.07, 6.45) is -1.53.